The first kappa shape index (κ1) is 13.4. The van der Waals surface area contributed by atoms with Crippen molar-refractivity contribution in [3.63, 3.8) is 0 Å². The fourth-order valence-electron chi connectivity index (χ4n) is 2.43. The number of Topliss-reactive ketones (excluding diaryl/α,β-unsaturated/α-hetero) is 1. The van der Waals surface area contributed by atoms with Gasteiger partial charge in [0.05, 0.1) is 11.6 Å². The number of benzene rings is 1. The molecule has 0 atom stereocenters. The van der Waals surface area contributed by atoms with Crippen LogP contribution in [0.15, 0.2) is 18.2 Å². The van der Waals surface area contributed by atoms with E-state index in [2.05, 4.69) is 0 Å². The predicted molar refractivity (Wildman–Crippen MR) is 73.3 cm³/mol. The van der Waals surface area contributed by atoms with Gasteiger partial charge in [-0.3, -0.25) is 4.79 Å². The van der Waals surface area contributed by atoms with Crippen LogP contribution in [0.1, 0.15) is 37.7 Å². The molecule has 1 saturated carbocycles. The first-order chi connectivity index (χ1) is 8.66. The Bertz CT molecular complexity index is 423. The molecule has 1 fully saturated rings. The molecule has 0 N–H and O–H groups in total. The molecule has 0 spiro atoms. The Morgan fingerprint density at radius 3 is 2.83 bits per heavy atom. The molecule has 0 heterocycles. The summed E-state index contributed by atoms with van der Waals surface area (Å²) in [6, 6.07) is 5.67. The van der Waals surface area contributed by atoms with E-state index in [1.165, 1.54) is 12.8 Å². The number of carbonyl (C=O) groups is 1. The van der Waals surface area contributed by atoms with Crippen LogP contribution in [0.25, 0.3) is 0 Å². The van der Waals surface area contributed by atoms with Gasteiger partial charge in [-0.05, 0) is 37.5 Å². The monoisotopic (exact) mass is 266 g/mol. The van der Waals surface area contributed by atoms with Gasteiger partial charge in [-0.1, -0.05) is 30.5 Å². The molecule has 1 aromatic rings. The van der Waals surface area contributed by atoms with Gasteiger partial charge in [0, 0.05) is 12.3 Å². The molecular formula is C15H19ClO2. The van der Waals surface area contributed by atoms with Crippen LogP contribution >= 0.6 is 11.6 Å². The molecule has 98 valence electrons. The summed E-state index contributed by atoms with van der Waals surface area (Å²) in [5.41, 5.74) is 1.11. The number of rotatable bonds is 5. The Morgan fingerprint density at radius 1 is 1.39 bits per heavy atom. The lowest BCUT2D eigenvalue weighted by Gasteiger charge is -2.10. The van der Waals surface area contributed by atoms with Crippen molar-refractivity contribution in [3.05, 3.63) is 28.8 Å². The lowest BCUT2D eigenvalue weighted by atomic mass is 10.0. The van der Waals surface area contributed by atoms with Crippen LogP contribution in [0.4, 0.5) is 0 Å². The predicted octanol–water partition coefficient (Wildman–Crippen LogP) is 4.18. The summed E-state index contributed by atoms with van der Waals surface area (Å²) in [7, 11) is 0. The Balaban J connectivity index is 1.81. The summed E-state index contributed by atoms with van der Waals surface area (Å²) in [4.78, 5) is 11.9. The molecule has 0 unspecified atom stereocenters. The Labute approximate surface area is 113 Å². The van der Waals surface area contributed by atoms with E-state index in [9.17, 15) is 4.79 Å². The van der Waals surface area contributed by atoms with Crippen molar-refractivity contribution in [1.82, 2.24) is 0 Å². The van der Waals surface area contributed by atoms with E-state index in [1.807, 2.05) is 25.1 Å². The van der Waals surface area contributed by atoms with Gasteiger partial charge in [-0.25, -0.2) is 0 Å². The normalized spacial score (nSPS) is 15.9. The minimum absolute atomic E-state index is 0.279. The molecule has 0 bridgehead atoms. The first-order valence-corrected chi connectivity index (χ1v) is 6.96. The average molecular weight is 267 g/mol. The molecule has 2 rings (SSSR count). The molecule has 0 amide bonds. The van der Waals surface area contributed by atoms with Gasteiger partial charge in [0.15, 0.2) is 0 Å². The number of halogens is 1. The third kappa shape index (κ3) is 3.49. The highest BCUT2D eigenvalue weighted by molar-refractivity contribution is 6.32. The van der Waals surface area contributed by atoms with Gasteiger partial charge >= 0.3 is 0 Å². The lowest BCUT2D eigenvalue weighted by Crippen LogP contribution is -2.14. The summed E-state index contributed by atoms with van der Waals surface area (Å²) < 4.78 is 5.60. The Morgan fingerprint density at radius 2 is 2.11 bits per heavy atom. The highest BCUT2D eigenvalue weighted by atomic mass is 35.5. The molecule has 0 saturated heterocycles. The number of ketones is 1. The molecule has 1 aliphatic carbocycles. The van der Waals surface area contributed by atoms with Gasteiger partial charge in [0.2, 0.25) is 0 Å². The van der Waals surface area contributed by atoms with E-state index in [4.69, 9.17) is 16.3 Å². The van der Waals surface area contributed by atoms with Crippen LogP contribution in [0.3, 0.4) is 0 Å². The van der Waals surface area contributed by atoms with E-state index in [1.54, 1.807) is 0 Å². The van der Waals surface area contributed by atoms with Crippen molar-refractivity contribution in [3.8, 4) is 5.75 Å². The van der Waals surface area contributed by atoms with Gasteiger partial charge in [0.25, 0.3) is 0 Å². The molecule has 2 nitrogen and oxygen atoms in total. The summed E-state index contributed by atoms with van der Waals surface area (Å²) in [5, 5.41) is 0.605. The standard InChI is InChI=1S/C15H19ClO2/c1-11-6-7-13(16)15(10-11)18-9-8-14(17)12-4-2-3-5-12/h6-7,10,12H,2-5,8-9H2,1H3. The van der Waals surface area contributed by atoms with Gasteiger partial charge in [0.1, 0.15) is 11.5 Å². The van der Waals surface area contributed by atoms with Gasteiger partial charge < -0.3 is 4.74 Å². The molecule has 1 aliphatic rings. The van der Waals surface area contributed by atoms with E-state index < -0.39 is 0 Å². The zero-order valence-corrected chi connectivity index (χ0v) is 11.5. The fraction of sp³-hybridized carbons (Fsp3) is 0.533. The van der Waals surface area contributed by atoms with E-state index in [0.29, 0.717) is 29.6 Å². The summed E-state index contributed by atoms with van der Waals surface area (Å²) in [6.45, 7) is 2.42. The van der Waals surface area contributed by atoms with Crippen molar-refractivity contribution in [2.24, 2.45) is 5.92 Å². The largest absolute Gasteiger partial charge is 0.492 e. The van der Waals surface area contributed by atoms with Crippen LogP contribution in [-0.2, 0) is 4.79 Å². The maximum Gasteiger partial charge on any atom is 0.139 e. The Kier molecular flexibility index (Phi) is 4.65. The second-order valence-corrected chi connectivity index (χ2v) is 5.39. The zero-order valence-electron chi connectivity index (χ0n) is 10.7. The number of aryl methyl sites for hydroxylation is 1. The second kappa shape index (κ2) is 6.24. The molecule has 0 aliphatic heterocycles. The maximum absolute atomic E-state index is 11.9. The Hall–Kier alpha value is -1.02. The minimum Gasteiger partial charge on any atom is -0.492 e. The zero-order chi connectivity index (χ0) is 13.0. The number of hydrogen-bond donors (Lipinski definition) is 0. The first-order valence-electron chi connectivity index (χ1n) is 6.58. The molecule has 0 radical (unpaired) electrons. The number of ether oxygens (including phenoxy) is 1. The topological polar surface area (TPSA) is 26.3 Å². The van der Waals surface area contributed by atoms with Gasteiger partial charge in [-0.15, -0.1) is 0 Å². The lowest BCUT2D eigenvalue weighted by molar-refractivity contribution is -0.123. The number of carbonyl (C=O) groups excluding carboxylic acids is 1. The van der Waals surface area contributed by atoms with E-state index in [0.717, 1.165) is 18.4 Å². The van der Waals surface area contributed by atoms with Crippen LogP contribution in [-0.4, -0.2) is 12.4 Å². The molecule has 1 aromatic carbocycles. The third-order valence-corrected chi connectivity index (χ3v) is 3.82. The van der Waals surface area contributed by atoms with Crippen molar-refractivity contribution in [2.75, 3.05) is 6.61 Å². The van der Waals surface area contributed by atoms with Crippen molar-refractivity contribution in [2.45, 2.75) is 39.0 Å². The van der Waals surface area contributed by atoms with Crippen molar-refractivity contribution < 1.29 is 9.53 Å². The van der Waals surface area contributed by atoms with Crippen LogP contribution in [0.5, 0.6) is 5.75 Å². The van der Waals surface area contributed by atoms with Crippen LogP contribution < -0.4 is 4.74 Å². The third-order valence-electron chi connectivity index (χ3n) is 3.50. The average Bonchev–Trinajstić information content (AvgIpc) is 2.87. The highest BCUT2D eigenvalue weighted by Gasteiger charge is 2.22. The molecular weight excluding hydrogens is 248 g/mol. The highest BCUT2D eigenvalue weighted by Crippen LogP contribution is 2.27. The smallest absolute Gasteiger partial charge is 0.139 e. The van der Waals surface area contributed by atoms with Gasteiger partial charge in [-0.2, -0.15) is 0 Å². The van der Waals surface area contributed by atoms with E-state index in [-0.39, 0.29) is 5.92 Å². The fourth-order valence-corrected chi connectivity index (χ4v) is 2.61. The summed E-state index contributed by atoms with van der Waals surface area (Å²) in [6.07, 6.45) is 5.00. The minimum atomic E-state index is 0.279. The quantitative estimate of drug-likeness (QED) is 0.799. The molecule has 18 heavy (non-hydrogen) atoms. The second-order valence-electron chi connectivity index (χ2n) is 4.98. The van der Waals surface area contributed by atoms with Crippen LogP contribution in [0.2, 0.25) is 5.02 Å². The number of hydrogen-bond acceptors (Lipinski definition) is 2. The van der Waals surface area contributed by atoms with E-state index >= 15 is 0 Å². The van der Waals surface area contributed by atoms with Crippen molar-refractivity contribution in [1.29, 1.82) is 0 Å². The van der Waals surface area contributed by atoms with Crippen LogP contribution in [0, 0.1) is 12.8 Å². The maximum atomic E-state index is 11.9. The SMILES string of the molecule is Cc1ccc(Cl)c(OCCC(=O)C2CCCC2)c1. The summed E-state index contributed by atoms with van der Waals surface area (Å²) in [5.74, 6) is 1.30. The molecule has 0 aromatic heterocycles. The summed E-state index contributed by atoms with van der Waals surface area (Å²) >= 11 is 6.03. The molecule has 3 heteroatoms. The van der Waals surface area contributed by atoms with Crippen molar-refractivity contribution >= 4 is 17.4 Å².